The molecule has 0 bridgehead atoms. The number of hydrogen-bond donors (Lipinski definition) is 1. The van der Waals surface area contributed by atoms with Crippen molar-refractivity contribution in [1.29, 1.82) is 0 Å². The van der Waals surface area contributed by atoms with Crippen LogP contribution in [0.1, 0.15) is 18.9 Å². The molecule has 0 saturated heterocycles. The summed E-state index contributed by atoms with van der Waals surface area (Å²) in [6.45, 7) is 2.05. The Morgan fingerprint density at radius 3 is 2.31 bits per heavy atom. The third kappa shape index (κ3) is 2.87. The summed E-state index contributed by atoms with van der Waals surface area (Å²) in [6.07, 6.45) is 1.68. The molecule has 0 fully saturated rings. The molecular formula is C10H13Cl2N. The standard InChI is InChI=1S/C10H13Cl2N/c1-2-7(13)6-8-9(11)4-3-5-10(8)12/h3-5,7H,2,6,13H2,1H3/t7-/m0/s1. The van der Waals surface area contributed by atoms with Gasteiger partial charge in [-0.15, -0.1) is 0 Å². The first-order valence-electron chi connectivity index (χ1n) is 4.33. The Balaban J connectivity index is 2.87. The molecule has 0 saturated carbocycles. The molecule has 1 aromatic rings. The maximum Gasteiger partial charge on any atom is 0.0453 e. The first-order valence-corrected chi connectivity index (χ1v) is 5.09. The largest absolute Gasteiger partial charge is 0.327 e. The Kier molecular flexibility index (Phi) is 4.04. The average Bonchev–Trinajstić information content (AvgIpc) is 2.11. The van der Waals surface area contributed by atoms with Crippen LogP contribution in [0.15, 0.2) is 18.2 Å². The summed E-state index contributed by atoms with van der Waals surface area (Å²) in [5.41, 5.74) is 6.78. The normalized spacial score (nSPS) is 12.9. The summed E-state index contributed by atoms with van der Waals surface area (Å²) in [7, 11) is 0. The van der Waals surface area contributed by atoms with Crippen molar-refractivity contribution in [1.82, 2.24) is 0 Å². The van der Waals surface area contributed by atoms with Crippen LogP contribution in [-0.2, 0) is 6.42 Å². The van der Waals surface area contributed by atoms with E-state index in [1.54, 1.807) is 0 Å². The van der Waals surface area contributed by atoms with Crippen LogP contribution in [0, 0.1) is 0 Å². The molecule has 1 atom stereocenters. The zero-order chi connectivity index (χ0) is 9.84. The highest BCUT2D eigenvalue weighted by molar-refractivity contribution is 6.35. The molecule has 0 aromatic heterocycles. The highest BCUT2D eigenvalue weighted by atomic mass is 35.5. The average molecular weight is 218 g/mol. The zero-order valence-corrected chi connectivity index (χ0v) is 9.07. The summed E-state index contributed by atoms with van der Waals surface area (Å²) >= 11 is 12.0. The maximum absolute atomic E-state index is 5.99. The van der Waals surface area contributed by atoms with Crippen LogP contribution in [-0.4, -0.2) is 6.04 Å². The van der Waals surface area contributed by atoms with Crippen molar-refractivity contribution in [3.63, 3.8) is 0 Å². The van der Waals surface area contributed by atoms with Gasteiger partial charge in [0.05, 0.1) is 0 Å². The number of benzene rings is 1. The molecule has 2 N–H and O–H groups in total. The minimum atomic E-state index is 0.136. The van der Waals surface area contributed by atoms with Crippen LogP contribution in [0.3, 0.4) is 0 Å². The van der Waals surface area contributed by atoms with Crippen LogP contribution in [0.5, 0.6) is 0 Å². The summed E-state index contributed by atoms with van der Waals surface area (Å²) in [4.78, 5) is 0. The lowest BCUT2D eigenvalue weighted by molar-refractivity contribution is 0.646. The topological polar surface area (TPSA) is 26.0 Å². The van der Waals surface area contributed by atoms with E-state index in [-0.39, 0.29) is 6.04 Å². The second kappa shape index (κ2) is 4.85. The molecule has 0 spiro atoms. The monoisotopic (exact) mass is 217 g/mol. The van der Waals surface area contributed by atoms with Gasteiger partial charge in [0.1, 0.15) is 0 Å². The molecule has 3 heteroatoms. The predicted molar refractivity (Wildman–Crippen MR) is 58.4 cm³/mol. The fourth-order valence-electron chi connectivity index (χ4n) is 1.13. The van der Waals surface area contributed by atoms with Crippen LogP contribution in [0.4, 0.5) is 0 Å². The fraction of sp³-hybridized carbons (Fsp3) is 0.400. The third-order valence-corrected chi connectivity index (χ3v) is 2.76. The summed E-state index contributed by atoms with van der Waals surface area (Å²) in [6, 6.07) is 5.65. The Hall–Kier alpha value is -0.240. The molecule has 1 aromatic carbocycles. The molecule has 0 aliphatic rings. The number of rotatable bonds is 3. The van der Waals surface area contributed by atoms with Gasteiger partial charge in [-0.05, 0) is 30.5 Å². The van der Waals surface area contributed by atoms with E-state index in [0.717, 1.165) is 18.4 Å². The Labute approximate surface area is 88.8 Å². The van der Waals surface area contributed by atoms with E-state index in [4.69, 9.17) is 28.9 Å². The van der Waals surface area contributed by atoms with Crippen LogP contribution < -0.4 is 5.73 Å². The van der Waals surface area contributed by atoms with Crippen molar-refractivity contribution in [3.05, 3.63) is 33.8 Å². The number of halogens is 2. The van der Waals surface area contributed by atoms with Crippen molar-refractivity contribution in [2.45, 2.75) is 25.8 Å². The minimum Gasteiger partial charge on any atom is -0.327 e. The van der Waals surface area contributed by atoms with Gasteiger partial charge in [0.2, 0.25) is 0 Å². The highest BCUT2D eigenvalue weighted by Gasteiger charge is 2.08. The van der Waals surface area contributed by atoms with E-state index in [2.05, 4.69) is 6.92 Å². The molecule has 0 radical (unpaired) electrons. The number of nitrogens with two attached hydrogens (primary N) is 1. The van der Waals surface area contributed by atoms with E-state index in [1.165, 1.54) is 0 Å². The first kappa shape index (κ1) is 10.8. The summed E-state index contributed by atoms with van der Waals surface area (Å²) < 4.78 is 0. The quantitative estimate of drug-likeness (QED) is 0.827. The smallest absolute Gasteiger partial charge is 0.0453 e. The predicted octanol–water partition coefficient (Wildman–Crippen LogP) is 3.27. The maximum atomic E-state index is 5.99. The van der Waals surface area contributed by atoms with Gasteiger partial charge in [0.25, 0.3) is 0 Å². The number of hydrogen-bond acceptors (Lipinski definition) is 1. The van der Waals surface area contributed by atoms with Crippen molar-refractivity contribution in [3.8, 4) is 0 Å². The molecule has 0 aliphatic carbocycles. The van der Waals surface area contributed by atoms with Gasteiger partial charge in [-0.1, -0.05) is 36.2 Å². The van der Waals surface area contributed by atoms with Crippen LogP contribution in [0.2, 0.25) is 10.0 Å². The highest BCUT2D eigenvalue weighted by Crippen LogP contribution is 2.25. The van der Waals surface area contributed by atoms with Crippen molar-refractivity contribution >= 4 is 23.2 Å². The molecule has 1 rings (SSSR count). The second-order valence-electron chi connectivity index (χ2n) is 3.07. The summed E-state index contributed by atoms with van der Waals surface area (Å²) in [5, 5.41) is 1.41. The molecule has 0 heterocycles. The lowest BCUT2D eigenvalue weighted by Gasteiger charge is -2.11. The second-order valence-corrected chi connectivity index (χ2v) is 3.89. The van der Waals surface area contributed by atoms with Gasteiger partial charge < -0.3 is 5.73 Å². The molecular weight excluding hydrogens is 205 g/mol. The molecule has 0 unspecified atom stereocenters. The van der Waals surface area contributed by atoms with Crippen molar-refractivity contribution in [2.24, 2.45) is 5.73 Å². The Morgan fingerprint density at radius 2 is 1.85 bits per heavy atom. The SMILES string of the molecule is CC[C@H](N)Cc1c(Cl)cccc1Cl. The Morgan fingerprint density at radius 1 is 1.31 bits per heavy atom. The van der Waals surface area contributed by atoms with Gasteiger partial charge in [0.15, 0.2) is 0 Å². The molecule has 0 aliphatic heterocycles. The third-order valence-electron chi connectivity index (χ3n) is 2.05. The van der Waals surface area contributed by atoms with Gasteiger partial charge in [0, 0.05) is 16.1 Å². The fourth-order valence-corrected chi connectivity index (χ4v) is 1.69. The van der Waals surface area contributed by atoms with E-state index < -0.39 is 0 Å². The first-order chi connectivity index (χ1) is 6.15. The van der Waals surface area contributed by atoms with E-state index in [1.807, 2.05) is 18.2 Å². The lowest BCUT2D eigenvalue weighted by Crippen LogP contribution is -2.21. The molecule has 72 valence electrons. The van der Waals surface area contributed by atoms with Crippen molar-refractivity contribution < 1.29 is 0 Å². The van der Waals surface area contributed by atoms with E-state index in [0.29, 0.717) is 10.0 Å². The van der Waals surface area contributed by atoms with Crippen LogP contribution >= 0.6 is 23.2 Å². The van der Waals surface area contributed by atoms with Gasteiger partial charge >= 0.3 is 0 Å². The molecule has 13 heavy (non-hydrogen) atoms. The zero-order valence-electron chi connectivity index (χ0n) is 7.56. The van der Waals surface area contributed by atoms with Gasteiger partial charge in [-0.2, -0.15) is 0 Å². The van der Waals surface area contributed by atoms with Gasteiger partial charge in [-0.25, -0.2) is 0 Å². The Bertz CT molecular complexity index is 266. The van der Waals surface area contributed by atoms with Gasteiger partial charge in [-0.3, -0.25) is 0 Å². The van der Waals surface area contributed by atoms with Crippen LogP contribution in [0.25, 0.3) is 0 Å². The summed E-state index contributed by atoms with van der Waals surface area (Å²) in [5.74, 6) is 0. The van der Waals surface area contributed by atoms with E-state index in [9.17, 15) is 0 Å². The minimum absolute atomic E-state index is 0.136. The lowest BCUT2D eigenvalue weighted by atomic mass is 10.0. The molecule has 0 amide bonds. The molecule has 1 nitrogen and oxygen atoms in total. The van der Waals surface area contributed by atoms with E-state index >= 15 is 0 Å². The van der Waals surface area contributed by atoms with Crippen molar-refractivity contribution in [2.75, 3.05) is 0 Å².